The van der Waals surface area contributed by atoms with Crippen molar-refractivity contribution in [2.24, 2.45) is 7.05 Å². The van der Waals surface area contributed by atoms with E-state index in [9.17, 15) is 0 Å². The molecule has 0 aliphatic rings. The topological polar surface area (TPSA) is 107 Å². The maximum absolute atomic E-state index is 5.87. The first-order valence-corrected chi connectivity index (χ1v) is 5.73. The van der Waals surface area contributed by atoms with Gasteiger partial charge in [0.15, 0.2) is 0 Å². The maximum atomic E-state index is 5.87. The van der Waals surface area contributed by atoms with Crippen molar-refractivity contribution >= 4 is 11.6 Å². The summed E-state index contributed by atoms with van der Waals surface area (Å²) >= 11 is 0. The molecular formula is C10H16N8. The molecule has 0 saturated heterocycles. The van der Waals surface area contributed by atoms with E-state index in [0.717, 1.165) is 6.42 Å². The second-order valence-corrected chi connectivity index (χ2v) is 4.04. The minimum Gasteiger partial charge on any atom is -0.383 e. The number of aryl methyl sites for hydroxylation is 1. The summed E-state index contributed by atoms with van der Waals surface area (Å²) < 4.78 is 0. The molecule has 0 amide bonds. The number of hydrogen-bond acceptors (Lipinski definition) is 7. The van der Waals surface area contributed by atoms with Gasteiger partial charge in [-0.05, 0) is 18.6 Å². The van der Waals surface area contributed by atoms with Crippen molar-refractivity contribution in [3.05, 3.63) is 6.33 Å². The average molecular weight is 248 g/mol. The van der Waals surface area contributed by atoms with Gasteiger partial charge in [0.1, 0.15) is 23.5 Å². The Hall–Kier alpha value is -2.25. The summed E-state index contributed by atoms with van der Waals surface area (Å²) in [6.45, 7) is 4.15. The van der Waals surface area contributed by atoms with Crippen molar-refractivity contribution in [1.29, 1.82) is 0 Å². The molecule has 1 atom stereocenters. The molecule has 2 rings (SSSR count). The van der Waals surface area contributed by atoms with E-state index in [2.05, 4.69) is 44.5 Å². The predicted molar refractivity (Wildman–Crippen MR) is 67.6 cm³/mol. The van der Waals surface area contributed by atoms with E-state index in [0.29, 0.717) is 23.0 Å². The minimum atomic E-state index is 0.273. The summed E-state index contributed by atoms with van der Waals surface area (Å²) in [7, 11) is 1.69. The van der Waals surface area contributed by atoms with E-state index in [1.807, 2.05) is 0 Å². The minimum absolute atomic E-state index is 0.273. The summed E-state index contributed by atoms with van der Waals surface area (Å²) in [6.07, 6.45) is 2.39. The summed E-state index contributed by atoms with van der Waals surface area (Å²) in [5.74, 6) is 1.38. The number of nitrogen functional groups attached to an aromatic ring is 1. The molecule has 0 unspecified atom stereocenters. The lowest BCUT2D eigenvalue weighted by Crippen LogP contribution is -2.16. The molecule has 2 aromatic rings. The van der Waals surface area contributed by atoms with Crippen LogP contribution in [0.3, 0.4) is 0 Å². The fraction of sp³-hybridized carbons (Fsp3) is 0.500. The maximum Gasteiger partial charge on any atom is 0.212 e. The summed E-state index contributed by atoms with van der Waals surface area (Å²) in [4.78, 5) is 9.53. The number of nitrogens with two attached hydrogens (primary N) is 1. The molecule has 0 saturated carbocycles. The Bertz CT molecular complexity index is 534. The molecule has 2 aromatic heterocycles. The van der Waals surface area contributed by atoms with Crippen molar-refractivity contribution in [2.45, 2.75) is 26.3 Å². The largest absolute Gasteiger partial charge is 0.383 e. The highest BCUT2D eigenvalue weighted by atomic mass is 15.6. The van der Waals surface area contributed by atoms with Crippen LogP contribution in [0.4, 0.5) is 11.6 Å². The Balaban J connectivity index is 2.44. The third-order valence-corrected chi connectivity index (χ3v) is 2.60. The smallest absolute Gasteiger partial charge is 0.212 e. The van der Waals surface area contributed by atoms with Crippen LogP contribution >= 0.6 is 0 Å². The molecule has 3 N–H and O–H groups in total. The van der Waals surface area contributed by atoms with Gasteiger partial charge in [-0.1, -0.05) is 6.92 Å². The Kier molecular flexibility index (Phi) is 3.35. The third-order valence-electron chi connectivity index (χ3n) is 2.60. The molecule has 0 aliphatic carbocycles. The lowest BCUT2D eigenvalue weighted by Gasteiger charge is -2.14. The normalized spacial score (nSPS) is 12.4. The molecule has 96 valence electrons. The standard InChI is InChI=1S/C10H16N8/c1-4-6(2)14-9-7(8(11)12-5-13-9)10-15-17-18(3)16-10/h5-6H,4H2,1-3H3,(H3,11,12,13,14)/t6-/m0/s1. The lowest BCUT2D eigenvalue weighted by atomic mass is 10.2. The molecule has 0 fully saturated rings. The first-order chi connectivity index (χ1) is 8.61. The molecule has 0 radical (unpaired) electrons. The zero-order valence-electron chi connectivity index (χ0n) is 10.6. The number of nitrogens with one attached hydrogen (secondary N) is 1. The van der Waals surface area contributed by atoms with Crippen LogP contribution in [0.15, 0.2) is 6.33 Å². The van der Waals surface area contributed by atoms with Gasteiger partial charge in [-0.25, -0.2) is 9.97 Å². The highest BCUT2D eigenvalue weighted by Gasteiger charge is 2.17. The highest BCUT2D eigenvalue weighted by molar-refractivity contribution is 5.79. The zero-order chi connectivity index (χ0) is 13.1. The quantitative estimate of drug-likeness (QED) is 0.809. The third kappa shape index (κ3) is 2.36. The van der Waals surface area contributed by atoms with E-state index < -0.39 is 0 Å². The average Bonchev–Trinajstić information content (AvgIpc) is 2.75. The van der Waals surface area contributed by atoms with Crippen LogP contribution < -0.4 is 11.1 Å². The fourth-order valence-corrected chi connectivity index (χ4v) is 1.45. The van der Waals surface area contributed by atoms with E-state index in [1.54, 1.807) is 7.05 Å². The van der Waals surface area contributed by atoms with Gasteiger partial charge in [0, 0.05) is 6.04 Å². The molecule has 2 heterocycles. The number of nitrogens with zero attached hydrogens (tertiary/aromatic N) is 6. The molecular weight excluding hydrogens is 232 g/mol. The van der Waals surface area contributed by atoms with Gasteiger partial charge in [0.2, 0.25) is 5.82 Å². The molecule has 0 aliphatic heterocycles. The summed E-state index contributed by atoms with van der Waals surface area (Å²) in [6, 6.07) is 0.273. The molecule has 8 nitrogen and oxygen atoms in total. The van der Waals surface area contributed by atoms with Gasteiger partial charge in [-0.3, -0.25) is 0 Å². The van der Waals surface area contributed by atoms with Gasteiger partial charge in [-0.15, -0.1) is 10.2 Å². The number of rotatable bonds is 4. The molecule has 0 aromatic carbocycles. The fourth-order valence-electron chi connectivity index (χ4n) is 1.45. The first-order valence-electron chi connectivity index (χ1n) is 5.73. The van der Waals surface area contributed by atoms with Crippen molar-refractivity contribution in [3.63, 3.8) is 0 Å². The molecule has 0 bridgehead atoms. The van der Waals surface area contributed by atoms with Crippen LogP contribution in [-0.4, -0.2) is 36.2 Å². The number of tetrazole rings is 1. The van der Waals surface area contributed by atoms with E-state index >= 15 is 0 Å². The molecule has 8 heteroatoms. The van der Waals surface area contributed by atoms with Crippen LogP contribution in [0.5, 0.6) is 0 Å². The van der Waals surface area contributed by atoms with Crippen molar-refractivity contribution in [2.75, 3.05) is 11.1 Å². The summed E-state index contributed by atoms with van der Waals surface area (Å²) in [5.41, 5.74) is 6.46. The SMILES string of the molecule is CC[C@H](C)Nc1ncnc(N)c1-c1nnn(C)n1. The van der Waals surface area contributed by atoms with E-state index in [1.165, 1.54) is 11.1 Å². The molecule has 18 heavy (non-hydrogen) atoms. The van der Waals surface area contributed by atoms with Crippen molar-refractivity contribution in [1.82, 2.24) is 30.2 Å². The van der Waals surface area contributed by atoms with E-state index in [-0.39, 0.29) is 6.04 Å². The Morgan fingerprint density at radius 3 is 2.83 bits per heavy atom. The Labute approximate surface area is 105 Å². The predicted octanol–water partition coefficient (Wildman–Crippen LogP) is 0.460. The van der Waals surface area contributed by atoms with Gasteiger partial charge >= 0.3 is 0 Å². The van der Waals surface area contributed by atoms with Crippen LogP contribution in [0.1, 0.15) is 20.3 Å². The van der Waals surface area contributed by atoms with Gasteiger partial charge in [0.05, 0.1) is 7.05 Å². The van der Waals surface area contributed by atoms with Crippen molar-refractivity contribution < 1.29 is 0 Å². The second kappa shape index (κ2) is 4.94. The first kappa shape index (κ1) is 12.2. The monoisotopic (exact) mass is 248 g/mol. The van der Waals surface area contributed by atoms with Crippen LogP contribution in [-0.2, 0) is 7.05 Å². The van der Waals surface area contributed by atoms with Gasteiger partial charge < -0.3 is 11.1 Å². The number of anilines is 2. The van der Waals surface area contributed by atoms with E-state index in [4.69, 9.17) is 5.73 Å². The Morgan fingerprint density at radius 1 is 1.44 bits per heavy atom. The van der Waals surface area contributed by atoms with Crippen LogP contribution in [0.25, 0.3) is 11.4 Å². The number of aromatic nitrogens is 6. The van der Waals surface area contributed by atoms with Crippen LogP contribution in [0, 0.1) is 0 Å². The summed E-state index contributed by atoms with van der Waals surface area (Å²) in [5, 5.41) is 15.1. The van der Waals surface area contributed by atoms with Gasteiger partial charge in [-0.2, -0.15) is 4.80 Å². The lowest BCUT2D eigenvalue weighted by molar-refractivity contribution is 0.630. The highest BCUT2D eigenvalue weighted by Crippen LogP contribution is 2.27. The van der Waals surface area contributed by atoms with Gasteiger partial charge in [0.25, 0.3) is 0 Å². The molecule has 0 spiro atoms. The number of hydrogen-bond donors (Lipinski definition) is 2. The second-order valence-electron chi connectivity index (χ2n) is 4.04. The van der Waals surface area contributed by atoms with Crippen molar-refractivity contribution in [3.8, 4) is 11.4 Å². The zero-order valence-corrected chi connectivity index (χ0v) is 10.6. The van der Waals surface area contributed by atoms with Crippen LogP contribution in [0.2, 0.25) is 0 Å². The Morgan fingerprint density at radius 2 is 2.22 bits per heavy atom.